The predicted octanol–water partition coefficient (Wildman–Crippen LogP) is 3.33. The average molecular weight is 390 g/mol. The van der Waals surface area contributed by atoms with Crippen molar-refractivity contribution in [1.29, 1.82) is 0 Å². The fraction of sp³-hybridized carbons (Fsp3) is 0.261. The summed E-state index contributed by atoms with van der Waals surface area (Å²) in [7, 11) is 0. The van der Waals surface area contributed by atoms with Crippen molar-refractivity contribution in [2.75, 3.05) is 6.54 Å². The molecule has 2 unspecified atom stereocenters. The highest BCUT2D eigenvalue weighted by Gasteiger charge is 2.36. The van der Waals surface area contributed by atoms with Crippen LogP contribution in [-0.4, -0.2) is 40.2 Å². The van der Waals surface area contributed by atoms with E-state index in [1.807, 2.05) is 54.6 Å². The van der Waals surface area contributed by atoms with Crippen LogP contribution in [-0.2, 0) is 20.9 Å². The molecule has 1 aliphatic rings. The van der Waals surface area contributed by atoms with E-state index in [2.05, 4.69) is 4.98 Å². The van der Waals surface area contributed by atoms with Gasteiger partial charge in [-0.15, -0.1) is 0 Å². The SMILES string of the molecule is CC(OC(=O)C1CC(=O)N(Cc2ccccc2)C1)C(=O)c1c[nH]c2ccccc12. The monoisotopic (exact) mass is 390 g/mol. The summed E-state index contributed by atoms with van der Waals surface area (Å²) in [5.41, 5.74) is 2.36. The summed E-state index contributed by atoms with van der Waals surface area (Å²) in [5, 5.41) is 0.797. The van der Waals surface area contributed by atoms with Crippen molar-refractivity contribution in [2.24, 2.45) is 5.92 Å². The van der Waals surface area contributed by atoms with Crippen LogP contribution in [0.1, 0.15) is 29.3 Å². The highest BCUT2D eigenvalue weighted by atomic mass is 16.5. The number of carbonyl (C=O) groups is 3. The molecule has 1 fully saturated rings. The molecule has 0 saturated carbocycles. The van der Waals surface area contributed by atoms with Crippen LogP contribution >= 0.6 is 0 Å². The number of carbonyl (C=O) groups excluding carboxylic acids is 3. The molecule has 1 N–H and O–H groups in total. The Balaban J connectivity index is 1.38. The van der Waals surface area contributed by atoms with E-state index in [-0.39, 0.29) is 18.1 Å². The van der Waals surface area contributed by atoms with E-state index in [4.69, 9.17) is 4.74 Å². The van der Waals surface area contributed by atoms with Gasteiger partial charge in [0.15, 0.2) is 6.10 Å². The van der Waals surface area contributed by atoms with Crippen LogP contribution in [0.3, 0.4) is 0 Å². The second-order valence-electron chi connectivity index (χ2n) is 7.35. The van der Waals surface area contributed by atoms with E-state index in [1.54, 1.807) is 18.0 Å². The fourth-order valence-corrected chi connectivity index (χ4v) is 3.71. The molecule has 6 heteroatoms. The number of H-pyrrole nitrogens is 1. The van der Waals surface area contributed by atoms with Crippen LogP contribution in [0, 0.1) is 5.92 Å². The number of amides is 1. The van der Waals surface area contributed by atoms with Gasteiger partial charge in [0.05, 0.1) is 5.92 Å². The topological polar surface area (TPSA) is 79.5 Å². The van der Waals surface area contributed by atoms with Crippen molar-refractivity contribution in [3.8, 4) is 0 Å². The minimum absolute atomic E-state index is 0.0774. The summed E-state index contributed by atoms with van der Waals surface area (Å²) in [5.74, 6) is -1.40. The van der Waals surface area contributed by atoms with Crippen LogP contribution in [0.25, 0.3) is 10.9 Å². The number of nitrogens with zero attached hydrogens (tertiary/aromatic N) is 1. The summed E-state index contributed by atoms with van der Waals surface area (Å²) >= 11 is 0. The normalized spacial score (nSPS) is 17.5. The molecule has 2 heterocycles. The van der Waals surface area contributed by atoms with Gasteiger partial charge in [-0.25, -0.2) is 0 Å². The van der Waals surface area contributed by atoms with Gasteiger partial charge in [-0.2, -0.15) is 0 Å². The predicted molar refractivity (Wildman–Crippen MR) is 108 cm³/mol. The largest absolute Gasteiger partial charge is 0.454 e. The van der Waals surface area contributed by atoms with Gasteiger partial charge in [0.2, 0.25) is 11.7 Å². The summed E-state index contributed by atoms with van der Waals surface area (Å²) in [6.07, 6.45) is 0.831. The van der Waals surface area contributed by atoms with E-state index in [0.29, 0.717) is 18.7 Å². The number of rotatable bonds is 6. The van der Waals surface area contributed by atoms with Crippen LogP contribution in [0.15, 0.2) is 60.8 Å². The summed E-state index contributed by atoms with van der Waals surface area (Å²) in [6.45, 7) is 2.34. The van der Waals surface area contributed by atoms with E-state index in [1.165, 1.54) is 0 Å². The van der Waals surface area contributed by atoms with E-state index in [9.17, 15) is 14.4 Å². The van der Waals surface area contributed by atoms with Crippen molar-refractivity contribution in [3.05, 3.63) is 71.9 Å². The van der Waals surface area contributed by atoms with Crippen LogP contribution < -0.4 is 0 Å². The van der Waals surface area contributed by atoms with Crippen molar-refractivity contribution in [2.45, 2.75) is 26.0 Å². The number of hydrogen-bond acceptors (Lipinski definition) is 4. The first-order valence-electron chi connectivity index (χ1n) is 9.65. The number of aromatic nitrogens is 1. The Kier molecular flexibility index (Phi) is 5.16. The first-order chi connectivity index (χ1) is 14.0. The van der Waals surface area contributed by atoms with Crippen molar-refractivity contribution >= 4 is 28.6 Å². The molecule has 0 bridgehead atoms. The molecule has 0 radical (unpaired) electrons. The Morgan fingerprint density at radius 3 is 2.66 bits per heavy atom. The number of esters is 1. The smallest absolute Gasteiger partial charge is 0.311 e. The number of benzene rings is 2. The molecule has 6 nitrogen and oxygen atoms in total. The molecule has 4 rings (SSSR count). The molecule has 29 heavy (non-hydrogen) atoms. The average Bonchev–Trinajstić information content (AvgIpc) is 3.32. The Morgan fingerprint density at radius 2 is 1.86 bits per heavy atom. The first-order valence-corrected chi connectivity index (χ1v) is 9.65. The lowest BCUT2D eigenvalue weighted by Crippen LogP contribution is -2.30. The Labute approximate surface area is 168 Å². The first kappa shape index (κ1) is 18.9. The zero-order valence-electron chi connectivity index (χ0n) is 16.1. The number of nitrogens with one attached hydrogen (secondary N) is 1. The molecule has 2 aromatic carbocycles. The zero-order chi connectivity index (χ0) is 20.4. The lowest BCUT2D eigenvalue weighted by molar-refractivity contribution is -0.151. The third kappa shape index (κ3) is 3.92. The highest BCUT2D eigenvalue weighted by molar-refractivity contribution is 6.10. The van der Waals surface area contributed by atoms with Crippen molar-refractivity contribution in [3.63, 3.8) is 0 Å². The number of Topliss-reactive ketones (excluding diaryl/α,β-unsaturated/α-hetero) is 1. The second kappa shape index (κ2) is 7.91. The standard InChI is InChI=1S/C23H22N2O4/c1-15(22(27)19-12-24-20-10-6-5-9-18(19)20)29-23(28)17-11-21(26)25(14-17)13-16-7-3-2-4-8-16/h2-10,12,15,17,24H,11,13-14H2,1H3. The molecule has 3 aromatic rings. The van der Waals surface area contributed by atoms with Crippen molar-refractivity contribution < 1.29 is 19.1 Å². The van der Waals surface area contributed by atoms with Gasteiger partial charge in [-0.3, -0.25) is 14.4 Å². The summed E-state index contributed by atoms with van der Waals surface area (Å²) in [6, 6.07) is 17.1. The Hall–Kier alpha value is -3.41. The maximum atomic E-state index is 12.8. The lowest BCUT2D eigenvalue weighted by atomic mass is 10.1. The number of likely N-dealkylation sites (tertiary alicyclic amines) is 1. The Morgan fingerprint density at radius 1 is 1.14 bits per heavy atom. The molecular formula is C23H22N2O4. The van der Waals surface area contributed by atoms with Gasteiger partial charge in [0.25, 0.3) is 0 Å². The zero-order valence-corrected chi connectivity index (χ0v) is 16.1. The molecular weight excluding hydrogens is 368 g/mol. The van der Waals surface area contributed by atoms with Gasteiger partial charge >= 0.3 is 5.97 Å². The number of hydrogen-bond donors (Lipinski definition) is 1. The number of para-hydroxylation sites is 1. The maximum Gasteiger partial charge on any atom is 0.311 e. The number of ketones is 1. The molecule has 1 amide bonds. The van der Waals surface area contributed by atoms with Crippen molar-refractivity contribution in [1.82, 2.24) is 9.88 Å². The molecule has 1 aliphatic heterocycles. The molecule has 0 aliphatic carbocycles. The van der Waals surface area contributed by atoms with Gasteiger partial charge in [0, 0.05) is 42.2 Å². The highest BCUT2D eigenvalue weighted by Crippen LogP contribution is 2.24. The maximum absolute atomic E-state index is 12.8. The minimum Gasteiger partial charge on any atom is -0.454 e. The second-order valence-corrected chi connectivity index (χ2v) is 7.35. The molecule has 148 valence electrons. The molecule has 1 aromatic heterocycles. The fourth-order valence-electron chi connectivity index (χ4n) is 3.71. The van der Waals surface area contributed by atoms with Crippen LogP contribution in [0.2, 0.25) is 0 Å². The Bertz CT molecular complexity index is 1060. The third-order valence-electron chi connectivity index (χ3n) is 5.28. The summed E-state index contributed by atoms with van der Waals surface area (Å²) in [4.78, 5) is 42.3. The number of fused-ring (bicyclic) bond motifs is 1. The molecule has 0 spiro atoms. The van der Waals surface area contributed by atoms with E-state index in [0.717, 1.165) is 16.5 Å². The van der Waals surface area contributed by atoms with Crippen LogP contribution in [0.4, 0.5) is 0 Å². The number of aromatic amines is 1. The van der Waals surface area contributed by atoms with E-state index >= 15 is 0 Å². The van der Waals surface area contributed by atoms with E-state index < -0.39 is 18.0 Å². The van der Waals surface area contributed by atoms with Crippen LogP contribution in [0.5, 0.6) is 0 Å². The molecule has 1 saturated heterocycles. The summed E-state index contributed by atoms with van der Waals surface area (Å²) < 4.78 is 5.43. The molecule has 2 atom stereocenters. The van der Waals surface area contributed by atoms with Gasteiger partial charge < -0.3 is 14.6 Å². The lowest BCUT2D eigenvalue weighted by Gasteiger charge is -2.17. The van der Waals surface area contributed by atoms with Gasteiger partial charge in [-0.1, -0.05) is 48.5 Å². The number of ether oxygens (including phenoxy) is 1. The third-order valence-corrected chi connectivity index (χ3v) is 5.28. The quantitative estimate of drug-likeness (QED) is 0.517. The van der Waals surface area contributed by atoms with Gasteiger partial charge in [0.1, 0.15) is 0 Å². The van der Waals surface area contributed by atoms with Gasteiger partial charge in [-0.05, 0) is 18.6 Å². The minimum atomic E-state index is -0.917.